The highest BCUT2D eigenvalue weighted by Gasteiger charge is 2.38. The van der Waals surface area contributed by atoms with Crippen molar-refractivity contribution in [1.82, 2.24) is 14.5 Å². The van der Waals surface area contributed by atoms with Crippen molar-refractivity contribution in [1.29, 1.82) is 0 Å². The Morgan fingerprint density at radius 3 is 2.46 bits per heavy atom. The van der Waals surface area contributed by atoms with Gasteiger partial charge < -0.3 is 5.11 Å². The fourth-order valence-electron chi connectivity index (χ4n) is 2.90. The summed E-state index contributed by atoms with van der Waals surface area (Å²) in [6, 6.07) is 2.17. The fourth-order valence-corrected chi connectivity index (χ4v) is 4.33. The topological polar surface area (TPSA) is 84.2 Å². The van der Waals surface area contributed by atoms with Gasteiger partial charge >= 0.3 is 0 Å². The molecule has 2 aromatic rings. The zero-order valence-corrected chi connectivity index (χ0v) is 13.7. The molecule has 0 unspecified atom stereocenters. The highest BCUT2D eigenvalue weighted by Crippen LogP contribution is 2.39. The third-order valence-electron chi connectivity index (χ3n) is 4.17. The Kier molecular flexibility index (Phi) is 4.41. The van der Waals surface area contributed by atoms with E-state index in [1.54, 1.807) is 13.2 Å². The molecule has 1 aliphatic rings. The number of aromatic nitrogens is 2. The van der Waals surface area contributed by atoms with E-state index in [0.717, 1.165) is 18.2 Å². The maximum absolute atomic E-state index is 13.8. The van der Waals surface area contributed by atoms with Gasteiger partial charge in [0.15, 0.2) is 4.90 Å². The van der Waals surface area contributed by atoms with Crippen LogP contribution in [0.4, 0.5) is 8.78 Å². The molecule has 2 N–H and O–H groups in total. The first-order valence-corrected chi connectivity index (χ1v) is 8.89. The zero-order chi connectivity index (χ0) is 17.5. The molecular weight excluding hydrogens is 340 g/mol. The van der Waals surface area contributed by atoms with Gasteiger partial charge in [0.05, 0.1) is 18.3 Å². The van der Waals surface area contributed by atoms with Crippen molar-refractivity contribution >= 4 is 10.0 Å². The predicted molar refractivity (Wildman–Crippen MR) is 81.4 cm³/mol. The Morgan fingerprint density at radius 2 is 1.96 bits per heavy atom. The van der Waals surface area contributed by atoms with Gasteiger partial charge in [-0.25, -0.2) is 21.9 Å². The molecule has 0 spiro atoms. The van der Waals surface area contributed by atoms with Crippen LogP contribution < -0.4 is 4.72 Å². The monoisotopic (exact) mass is 357 g/mol. The third kappa shape index (κ3) is 3.19. The molecule has 130 valence electrons. The summed E-state index contributed by atoms with van der Waals surface area (Å²) in [5.74, 6) is -2.48. The van der Waals surface area contributed by atoms with E-state index in [1.807, 2.05) is 0 Å². The van der Waals surface area contributed by atoms with Crippen LogP contribution in [0.2, 0.25) is 0 Å². The SMILES string of the molecule is Cn1cc([C@@H](NS(=O)(=O)c2c(F)cccc2F)C2CC(O)C2)cn1. The van der Waals surface area contributed by atoms with Gasteiger partial charge in [-0.3, -0.25) is 4.68 Å². The number of halogens is 2. The molecule has 0 saturated heterocycles. The maximum Gasteiger partial charge on any atom is 0.246 e. The molecule has 1 aromatic heterocycles. The Balaban J connectivity index is 1.95. The number of sulfonamides is 1. The lowest BCUT2D eigenvalue weighted by molar-refractivity contribution is 0.0280. The van der Waals surface area contributed by atoms with Crippen molar-refractivity contribution in [2.45, 2.75) is 29.9 Å². The Labute approximate surface area is 138 Å². The van der Waals surface area contributed by atoms with Crippen LogP contribution in [-0.4, -0.2) is 29.4 Å². The second kappa shape index (κ2) is 6.23. The summed E-state index contributed by atoms with van der Waals surface area (Å²) < 4.78 is 56.6. The molecule has 1 aliphatic carbocycles. The number of aryl methyl sites for hydroxylation is 1. The molecule has 0 aliphatic heterocycles. The first-order chi connectivity index (χ1) is 11.3. The number of aliphatic hydroxyl groups excluding tert-OH is 1. The van der Waals surface area contributed by atoms with Gasteiger partial charge in [-0.1, -0.05) is 6.07 Å². The molecule has 24 heavy (non-hydrogen) atoms. The highest BCUT2D eigenvalue weighted by molar-refractivity contribution is 7.89. The molecular formula is C15H17F2N3O3S. The zero-order valence-electron chi connectivity index (χ0n) is 12.9. The first-order valence-electron chi connectivity index (χ1n) is 7.41. The summed E-state index contributed by atoms with van der Waals surface area (Å²) in [4.78, 5) is -1.00. The molecule has 1 fully saturated rings. The van der Waals surface area contributed by atoms with Gasteiger partial charge in [-0.15, -0.1) is 0 Å². The van der Waals surface area contributed by atoms with Gasteiger partial charge in [0, 0.05) is 18.8 Å². The molecule has 0 amide bonds. The maximum atomic E-state index is 13.8. The molecule has 1 heterocycles. The van der Waals surface area contributed by atoms with Crippen molar-refractivity contribution in [2.75, 3.05) is 0 Å². The smallest absolute Gasteiger partial charge is 0.246 e. The molecule has 0 bridgehead atoms. The van der Waals surface area contributed by atoms with Crippen molar-refractivity contribution in [3.8, 4) is 0 Å². The predicted octanol–water partition coefficient (Wildman–Crippen LogP) is 1.49. The van der Waals surface area contributed by atoms with Gasteiger partial charge in [-0.05, 0) is 30.9 Å². The minimum Gasteiger partial charge on any atom is -0.393 e. The van der Waals surface area contributed by atoms with E-state index in [0.29, 0.717) is 18.4 Å². The number of benzene rings is 1. The van der Waals surface area contributed by atoms with Crippen LogP contribution in [0, 0.1) is 17.6 Å². The summed E-state index contributed by atoms with van der Waals surface area (Å²) in [6.07, 6.45) is 3.44. The van der Waals surface area contributed by atoms with Gasteiger partial charge in [0.25, 0.3) is 0 Å². The summed E-state index contributed by atoms with van der Waals surface area (Å²) in [5, 5.41) is 13.5. The van der Waals surface area contributed by atoms with Crippen molar-refractivity contribution in [3.63, 3.8) is 0 Å². The van der Waals surface area contributed by atoms with E-state index in [9.17, 15) is 22.3 Å². The van der Waals surface area contributed by atoms with Gasteiger partial charge in [0.2, 0.25) is 10.0 Å². The van der Waals surface area contributed by atoms with Crippen LogP contribution in [0.25, 0.3) is 0 Å². The Bertz CT molecular complexity index is 827. The second-order valence-electron chi connectivity index (χ2n) is 5.98. The summed E-state index contributed by atoms with van der Waals surface area (Å²) >= 11 is 0. The van der Waals surface area contributed by atoms with E-state index in [1.165, 1.54) is 10.9 Å². The Morgan fingerprint density at radius 1 is 1.33 bits per heavy atom. The number of aliphatic hydroxyl groups is 1. The van der Waals surface area contributed by atoms with Gasteiger partial charge in [-0.2, -0.15) is 5.10 Å². The average Bonchev–Trinajstić information content (AvgIpc) is 2.88. The normalized spacial score (nSPS) is 22.2. The lowest BCUT2D eigenvalue weighted by Crippen LogP contribution is -2.41. The van der Waals surface area contributed by atoms with E-state index in [-0.39, 0.29) is 5.92 Å². The van der Waals surface area contributed by atoms with Crippen LogP contribution in [0.3, 0.4) is 0 Å². The Hall–Kier alpha value is -1.84. The molecule has 9 heteroatoms. The van der Waals surface area contributed by atoms with Gasteiger partial charge in [0.1, 0.15) is 11.6 Å². The van der Waals surface area contributed by atoms with Crippen molar-refractivity contribution < 1.29 is 22.3 Å². The molecule has 1 atom stereocenters. The number of hydrogen-bond donors (Lipinski definition) is 2. The van der Waals surface area contributed by atoms with Crippen LogP contribution in [-0.2, 0) is 17.1 Å². The second-order valence-corrected chi connectivity index (χ2v) is 7.63. The average molecular weight is 357 g/mol. The molecule has 3 rings (SSSR count). The number of rotatable bonds is 5. The van der Waals surface area contributed by atoms with Crippen molar-refractivity contribution in [2.24, 2.45) is 13.0 Å². The largest absolute Gasteiger partial charge is 0.393 e. The minimum atomic E-state index is -4.42. The van der Waals surface area contributed by atoms with Crippen LogP contribution in [0.15, 0.2) is 35.5 Å². The molecule has 1 saturated carbocycles. The number of hydrogen-bond acceptors (Lipinski definition) is 4. The number of nitrogens with one attached hydrogen (secondary N) is 1. The molecule has 1 aromatic carbocycles. The van der Waals surface area contributed by atoms with Crippen LogP contribution in [0.5, 0.6) is 0 Å². The summed E-state index contributed by atoms with van der Waals surface area (Å²) in [7, 11) is -2.74. The van der Waals surface area contributed by atoms with Crippen LogP contribution >= 0.6 is 0 Å². The first kappa shape index (κ1) is 17.0. The van der Waals surface area contributed by atoms with E-state index >= 15 is 0 Å². The highest BCUT2D eigenvalue weighted by atomic mass is 32.2. The van der Waals surface area contributed by atoms with Crippen LogP contribution in [0.1, 0.15) is 24.4 Å². The van der Waals surface area contributed by atoms with E-state index in [4.69, 9.17) is 0 Å². The van der Waals surface area contributed by atoms with E-state index < -0.39 is 38.7 Å². The minimum absolute atomic E-state index is 0.172. The lowest BCUT2D eigenvalue weighted by atomic mass is 9.76. The molecule has 6 nitrogen and oxygen atoms in total. The quantitative estimate of drug-likeness (QED) is 0.849. The molecule has 0 radical (unpaired) electrons. The lowest BCUT2D eigenvalue weighted by Gasteiger charge is -2.37. The number of nitrogens with zero attached hydrogens (tertiary/aromatic N) is 2. The summed E-state index contributed by atoms with van der Waals surface area (Å²) in [6.45, 7) is 0. The standard InChI is InChI=1S/C15H17F2N3O3S/c1-20-8-10(7-18-20)14(9-5-11(21)6-9)19-24(22,23)15-12(16)3-2-4-13(15)17/h2-4,7-9,11,14,19,21H,5-6H2,1H3/t9?,11?,14-/m0/s1. The summed E-state index contributed by atoms with van der Waals surface area (Å²) in [5.41, 5.74) is 0.578. The van der Waals surface area contributed by atoms with E-state index in [2.05, 4.69) is 9.82 Å². The van der Waals surface area contributed by atoms with Crippen molar-refractivity contribution in [3.05, 3.63) is 47.8 Å². The third-order valence-corrected chi connectivity index (χ3v) is 5.67. The fraction of sp³-hybridized carbons (Fsp3) is 0.400.